The van der Waals surface area contributed by atoms with Crippen molar-refractivity contribution in [1.82, 2.24) is 5.16 Å². The van der Waals surface area contributed by atoms with Gasteiger partial charge in [-0.25, -0.2) is 0 Å². The summed E-state index contributed by atoms with van der Waals surface area (Å²) in [7, 11) is 0. The maximum atomic E-state index is 5.81. The van der Waals surface area contributed by atoms with Gasteiger partial charge in [-0.15, -0.1) is 0 Å². The van der Waals surface area contributed by atoms with Crippen LogP contribution in [0.25, 0.3) is 0 Å². The van der Waals surface area contributed by atoms with Crippen LogP contribution in [0.2, 0.25) is 0 Å². The molecular formula is C13H15BrN2O2. The zero-order valence-corrected chi connectivity index (χ0v) is 11.7. The molecule has 0 saturated carbocycles. The number of halogens is 1. The second-order valence-corrected chi connectivity index (χ2v) is 5.06. The van der Waals surface area contributed by atoms with Crippen molar-refractivity contribution in [2.24, 2.45) is 5.73 Å². The van der Waals surface area contributed by atoms with E-state index in [1.54, 1.807) is 12.3 Å². The Morgan fingerprint density at radius 3 is 2.94 bits per heavy atom. The molecule has 0 amide bonds. The monoisotopic (exact) mass is 310 g/mol. The number of aromatic nitrogens is 1. The van der Waals surface area contributed by atoms with Crippen LogP contribution in [0.4, 0.5) is 0 Å². The highest BCUT2D eigenvalue weighted by Crippen LogP contribution is 2.24. The molecule has 5 heteroatoms. The van der Waals surface area contributed by atoms with Crippen molar-refractivity contribution < 1.29 is 9.26 Å². The summed E-state index contributed by atoms with van der Waals surface area (Å²) in [5.74, 6) is 1.50. The maximum Gasteiger partial charge on any atom is 0.174 e. The summed E-state index contributed by atoms with van der Waals surface area (Å²) in [6.07, 6.45) is 2.40. The van der Waals surface area contributed by atoms with Gasteiger partial charge in [0.25, 0.3) is 0 Å². The molecule has 1 heterocycles. The fourth-order valence-corrected chi connectivity index (χ4v) is 2.02. The average molecular weight is 311 g/mol. The molecule has 0 bridgehead atoms. The third kappa shape index (κ3) is 3.58. The Bertz CT molecular complexity index is 498. The van der Waals surface area contributed by atoms with Crippen LogP contribution in [0.3, 0.4) is 0 Å². The van der Waals surface area contributed by atoms with Gasteiger partial charge in [-0.1, -0.05) is 21.1 Å². The van der Waals surface area contributed by atoms with Crippen LogP contribution in [0, 0.1) is 0 Å². The lowest BCUT2D eigenvalue weighted by atomic mass is 10.1. The van der Waals surface area contributed by atoms with Crippen molar-refractivity contribution in [3.8, 4) is 5.75 Å². The van der Waals surface area contributed by atoms with Crippen LogP contribution in [-0.4, -0.2) is 11.2 Å². The van der Waals surface area contributed by atoms with E-state index < -0.39 is 0 Å². The third-order valence-corrected chi connectivity index (χ3v) is 3.21. The number of nitrogens with two attached hydrogens (primary N) is 1. The molecule has 18 heavy (non-hydrogen) atoms. The van der Waals surface area contributed by atoms with Crippen LogP contribution in [0.1, 0.15) is 18.2 Å². The van der Waals surface area contributed by atoms with Crippen LogP contribution >= 0.6 is 15.9 Å². The van der Waals surface area contributed by atoms with Crippen LogP contribution in [0.15, 0.2) is 39.5 Å². The SMILES string of the molecule is CC(N)Cc1cc(OCc2ccno2)ccc1Br. The molecule has 1 aromatic carbocycles. The van der Waals surface area contributed by atoms with E-state index in [2.05, 4.69) is 21.1 Å². The van der Waals surface area contributed by atoms with E-state index in [0.717, 1.165) is 22.2 Å². The fourth-order valence-electron chi connectivity index (χ4n) is 1.62. The largest absolute Gasteiger partial charge is 0.486 e. The standard InChI is InChI=1S/C13H15BrN2O2/c1-9(15)6-10-7-11(2-3-13(10)14)17-8-12-4-5-16-18-12/h2-5,7,9H,6,8,15H2,1H3. The molecule has 1 aromatic heterocycles. The first kappa shape index (κ1) is 13.1. The lowest BCUT2D eigenvalue weighted by Gasteiger charge is -2.10. The van der Waals surface area contributed by atoms with E-state index in [1.807, 2.05) is 25.1 Å². The second-order valence-electron chi connectivity index (χ2n) is 4.20. The quantitative estimate of drug-likeness (QED) is 0.922. The van der Waals surface area contributed by atoms with Crippen LogP contribution in [0.5, 0.6) is 5.75 Å². The molecule has 2 aromatic rings. The maximum absolute atomic E-state index is 5.81. The average Bonchev–Trinajstić information content (AvgIpc) is 2.82. The van der Waals surface area contributed by atoms with Crippen molar-refractivity contribution in [3.05, 3.63) is 46.3 Å². The molecule has 0 aliphatic heterocycles. The Hall–Kier alpha value is -1.33. The zero-order valence-electron chi connectivity index (χ0n) is 10.1. The van der Waals surface area contributed by atoms with E-state index in [9.17, 15) is 0 Å². The lowest BCUT2D eigenvalue weighted by Crippen LogP contribution is -2.18. The van der Waals surface area contributed by atoms with Crippen LogP contribution in [-0.2, 0) is 13.0 Å². The Balaban J connectivity index is 2.04. The summed E-state index contributed by atoms with van der Waals surface area (Å²) in [5, 5.41) is 3.63. The lowest BCUT2D eigenvalue weighted by molar-refractivity contribution is 0.249. The molecular weight excluding hydrogens is 296 g/mol. The molecule has 96 valence electrons. The molecule has 1 atom stereocenters. The number of hydrogen-bond acceptors (Lipinski definition) is 4. The summed E-state index contributed by atoms with van der Waals surface area (Å²) in [4.78, 5) is 0. The first-order valence-electron chi connectivity index (χ1n) is 5.71. The van der Waals surface area contributed by atoms with Crippen molar-refractivity contribution in [1.29, 1.82) is 0 Å². The molecule has 2 rings (SSSR count). The number of nitrogens with zero attached hydrogens (tertiary/aromatic N) is 1. The molecule has 4 nitrogen and oxygen atoms in total. The van der Waals surface area contributed by atoms with E-state index in [1.165, 1.54) is 0 Å². The first-order chi connectivity index (χ1) is 8.65. The highest BCUT2D eigenvalue weighted by atomic mass is 79.9. The number of hydrogen-bond donors (Lipinski definition) is 1. The number of ether oxygens (including phenoxy) is 1. The highest BCUT2D eigenvalue weighted by Gasteiger charge is 2.06. The summed E-state index contributed by atoms with van der Waals surface area (Å²) in [6.45, 7) is 2.35. The summed E-state index contributed by atoms with van der Waals surface area (Å²) >= 11 is 3.51. The van der Waals surface area contributed by atoms with Crippen molar-refractivity contribution in [2.45, 2.75) is 26.0 Å². The number of rotatable bonds is 5. The molecule has 0 spiro atoms. The predicted octanol–water partition coefficient (Wildman–Crippen LogP) is 2.91. The molecule has 1 unspecified atom stereocenters. The van der Waals surface area contributed by atoms with E-state index in [-0.39, 0.29) is 6.04 Å². The molecule has 0 aliphatic rings. The highest BCUT2D eigenvalue weighted by molar-refractivity contribution is 9.10. The summed E-state index contributed by atoms with van der Waals surface area (Å²) < 4.78 is 11.6. The number of benzene rings is 1. The Morgan fingerprint density at radius 1 is 1.44 bits per heavy atom. The van der Waals surface area contributed by atoms with Gasteiger partial charge in [-0.05, 0) is 37.1 Å². The van der Waals surface area contributed by atoms with Gasteiger partial charge in [0.15, 0.2) is 5.76 Å². The van der Waals surface area contributed by atoms with Crippen molar-refractivity contribution in [3.63, 3.8) is 0 Å². The second kappa shape index (κ2) is 6.02. The molecule has 0 saturated heterocycles. The zero-order chi connectivity index (χ0) is 13.0. The van der Waals surface area contributed by atoms with Gasteiger partial charge in [0.05, 0.1) is 6.20 Å². The van der Waals surface area contributed by atoms with Gasteiger partial charge in [-0.3, -0.25) is 0 Å². The van der Waals surface area contributed by atoms with E-state index >= 15 is 0 Å². The van der Waals surface area contributed by atoms with E-state index in [4.69, 9.17) is 15.0 Å². The van der Waals surface area contributed by atoms with Gasteiger partial charge in [-0.2, -0.15) is 0 Å². The third-order valence-electron chi connectivity index (χ3n) is 2.43. The van der Waals surface area contributed by atoms with Gasteiger partial charge in [0.2, 0.25) is 0 Å². The predicted molar refractivity (Wildman–Crippen MR) is 72.3 cm³/mol. The van der Waals surface area contributed by atoms with Crippen molar-refractivity contribution >= 4 is 15.9 Å². The fraction of sp³-hybridized carbons (Fsp3) is 0.308. The minimum Gasteiger partial charge on any atom is -0.486 e. The minimum absolute atomic E-state index is 0.117. The normalized spacial score (nSPS) is 12.4. The summed E-state index contributed by atoms with van der Waals surface area (Å²) in [5.41, 5.74) is 6.95. The van der Waals surface area contributed by atoms with Gasteiger partial charge in [0, 0.05) is 16.6 Å². The van der Waals surface area contributed by atoms with Gasteiger partial charge < -0.3 is 15.0 Å². The Morgan fingerprint density at radius 2 is 2.28 bits per heavy atom. The minimum atomic E-state index is 0.117. The first-order valence-corrected chi connectivity index (χ1v) is 6.51. The summed E-state index contributed by atoms with van der Waals surface area (Å²) in [6, 6.07) is 7.76. The Labute approximate surface area is 114 Å². The Kier molecular flexibility index (Phi) is 4.38. The molecule has 2 N–H and O–H groups in total. The molecule has 0 fully saturated rings. The molecule has 0 radical (unpaired) electrons. The molecule has 0 aliphatic carbocycles. The van der Waals surface area contributed by atoms with E-state index in [0.29, 0.717) is 12.4 Å². The van der Waals surface area contributed by atoms with Gasteiger partial charge >= 0.3 is 0 Å². The van der Waals surface area contributed by atoms with Gasteiger partial charge in [0.1, 0.15) is 12.4 Å². The smallest absolute Gasteiger partial charge is 0.174 e. The van der Waals surface area contributed by atoms with Crippen molar-refractivity contribution in [2.75, 3.05) is 0 Å². The van der Waals surface area contributed by atoms with Crippen LogP contribution < -0.4 is 10.5 Å². The topological polar surface area (TPSA) is 61.3 Å².